The van der Waals surface area contributed by atoms with Crippen molar-refractivity contribution >= 4 is 41.0 Å². The first kappa shape index (κ1) is 22.8. The second-order valence-electron chi connectivity index (χ2n) is 6.64. The van der Waals surface area contributed by atoms with Crippen molar-refractivity contribution in [3.05, 3.63) is 63.2 Å². The van der Waals surface area contributed by atoms with Crippen molar-refractivity contribution in [3.8, 4) is 5.75 Å². The summed E-state index contributed by atoms with van der Waals surface area (Å²) in [5, 5.41) is 17.4. The molecule has 30 heavy (non-hydrogen) atoms. The molecule has 0 spiro atoms. The van der Waals surface area contributed by atoms with Gasteiger partial charge in [0.2, 0.25) is 5.91 Å². The number of carbonyl (C=O) groups excluding carboxylic acids is 2. The minimum atomic E-state index is -0.996. The molecule has 2 rings (SSSR count). The van der Waals surface area contributed by atoms with Crippen LogP contribution < -0.4 is 15.5 Å². The molecule has 0 saturated carbocycles. The third-order valence-corrected chi connectivity index (χ3v) is 4.46. The number of anilines is 1. The highest BCUT2D eigenvalue weighted by Gasteiger charge is 2.30. The molecule has 2 aromatic rings. The number of nitrogens with one attached hydrogen (secondary N) is 2. The molecule has 2 aromatic carbocycles. The van der Waals surface area contributed by atoms with Crippen LogP contribution >= 0.6 is 11.6 Å². The Morgan fingerprint density at radius 1 is 1.17 bits per heavy atom. The molecule has 0 radical (unpaired) electrons. The van der Waals surface area contributed by atoms with Gasteiger partial charge >= 0.3 is 0 Å². The molecule has 0 heterocycles. The molecule has 2 N–H and O–H groups in total. The lowest BCUT2D eigenvalue weighted by atomic mass is 9.94. The van der Waals surface area contributed by atoms with Gasteiger partial charge in [-0.15, -0.1) is 0 Å². The van der Waals surface area contributed by atoms with Crippen LogP contribution in [0.25, 0.3) is 0 Å². The van der Waals surface area contributed by atoms with Gasteiger partial charge in [-0.05, 0) is 36.2 Å². The Labute approximate surface area is 178 Å². The Kier molecular flexibility index (Phi) is 7.88. The van der Waals surface area contributed by atoms with Crippen molar-refractivity contribution in [3.63, 3.8) is 0 Å². The minimum Gasteiger partial charge on any atom is -0.497 e. The number of ether oxygens (including phenoxy) is 1. The lowest BCUT2D eigenvalue weighted by Crippen LogP contribution is -2.39. The number of hydrogen-bond acceptors (Lipinski definition) is 6. The Balaban J connectivity index is 2.06. The van der Waals surface area contributed by atoms with Crippen LogP contribution in [0.2, 0.25) is 5.02 Å². The van der Waals surface area contributed by atoms with E-state index in [-0.39, 0.29) is 16.6 Å². The van der Waals surface area contributed by atoms with E-state index in [0.717, 1.165) is 0 Å². The van der Waals surface area contributed by atoms with Gasteiger partial charge in [-0.1, -0.05) is 31.5 Å². The summed E-state index contributed by atoms with van der Waals surface area (Å²) in [5.41, 5.74) is 2.93. The number of amides is 2. The van der Waals surface area contributed by atoms with Gasteiger partial charge in [-0.3, -0.25) is 19.7 Å². The Bertz CT molecular complexity index is 960. The van der Waals surface area contributed by atoms with Crippen molar-refractivity contribution in [1.29, 1.82) is 0 Å². The average molecular weight is 433 g/mol. The van der Waals surface area contributed by atoms with Crippen LogP contribution in [0.3, 0.4) is 0 Å². The van der Waals surface area contributed by atoms with Gasteiger partial charge in [0.1, 0.15) is 16.7 Å². The summed E-state index contributed by atoms with van der Waals surface area (Å²) in [6.07, 6.45) is 1.24. The first-order valence-electron chi connectivity index (χ1n) is 8.94. The van der Waals surface area contributed by atoms with Crippen LogP contribution in [-0.2, 0) is 9.59 Å². The molecule has 0 aliphatic rings. The highest BCUT2D eigenvalue weighted by Crippen LogP contribution is 2.24. The molecule has 0 saturated heterocycles. The van der Waals surface area contributed by atoms with Gasteiger partial charge in [-0.2, -0.15) is 5.10 Å². The van der Waals surface area contributed by atoms with E-state index in [9.17, 15) is 19.7 Å². The van der Waals surface area contributed by atoms with E-state index < -0.39 is 22.7 Å². The summed E-state index contributed by atoms with van der Waals surface area (Å²) in [5.74, 6) is -1.73. The fourth-order valence-corrected chi connectivity index (χ4v) is 2.80. The molecular weight excluding hydrogens is 412 g/mol. The zero-order valence-electron chi connectivity index (χ0n) is 16.6. The fourth-order valence-electron chi connectivity index (χ4n) is 2.61. The van der Waals surface area contributed by atoms with E-state index in [1.807, 2.05) is 0 Å². The molecule has 0 aromatic heterocycles. The van der Waals surface area contributed by atoms with Gasteiger partial charge in [0.15, 0.2) is 0 Å². The maximum Gasteiger partial charge on any atom is 0.288 e. The molecule has 9 nitrogen and oxygen atoms in total. The van der Waals surface area contributed by atoms with Crippen molar-refractivity contribution in [2.24, 2.45) is 16.9 Å². The zero-order valence-corrected chi connectivity index (χ0v) is 17.3. The zero-order chi connectivity index (χ0) is 22.3. The van der Waals surface area contributed by atoms with Crippen molar-refractivity contribution < 1.29 is 19.2 Å². The van der Waals surface area contributed by atoms with Crippen LogP contribution in [0, 0.1) is 22.0 Å². The van der Waals surface area contributed by atoms with Crippen LogP contribution in [0.4, 0.5) is 11.4 Å². The van der Waals surface area contributed by atoms with Gasteiger partial charge in [-0.25, -0.2) is 5.43 Å². The Morgan fingerprint density at radius 3 is 2.40 bits per heavy atom. The topological polar surface area (TPSA) is 123 Å². The second-order valence-corrected chi connectivity index (χ2v) is 7.05. The number of hydrogen-bond donors (Lipinski definition) is 2. The van der Waals surface area contributed by atoms with Crippen LogP contribution in [0.15, 0.2) is 47.6 Å². The molecule has 0 bridgehead atoms. The number of rotatable bonds is 8. The Morgan fingerprint density at radius 2 is 1.83 bits per heavy atom. The smallest absolute Gasteiger partial charge is 0.288 e. The predicted molar refractivity (Wildman–Crippen MR) is 114 cm³/mol. The highest BCUT2D eigenvalue weighted by molar-refractivity contribution is 6.32. The van der Waals surface area contributed by atoms with E-state index >= 15 is 0 Å². The molecule has 0 aliphatic carbocycles. The van der Waals surface area contributed by atoms with E-state index in [1.54, 1.807) is 38.1 Å². The van der Waals surface area contributed by atoms with Crippen LogP contribution in [0.5, 0.6) is 5.75 Å². The van der Waals surface area contributed by atoms with Crippen molar-refractivity contribution in [2.45, 2.75) is 13.8 Å². The second kappa shape index (κ2) is 10.4. The van der Waals surface area contributed by atoms with Gasteiger partial charge in [0, 0.05) is 17.3 Å². The molecule has 2 amide bonds. The number of nitrogens with zero attached hydrogens (tertiary/aromatic N) is 2. The SMILES string of the molecule is COc1ccc(NC(=O)C(C(=O)NN=Cc2ccc(Cl)c([N+](=O)[O-])c2)C(C)C)cc1. The number of nitro groups is 1. The molecule has 158 valence electrons. The van der Waals surface area contributed by atoms with Gasteiger partial charge in [0.25, 0.3) is 11.6 Å². The van der Waals surface area contributed by atoms with Gasteiger partial charge < -0.3 is 10.1 Å². The molecule has 0 fully saturated rings. The number of benzene rings is 2. The average Bonchev–Trinajstić information content (AvgIpc) is 2.69. The number of hydrazone groups is 1. The first-order valence-corrected chi connectivity index (χ1v) is 9.32. The van der Waals surface area contributed by atoms with E-state index in [1.165, 1.54) is 31.5 Å². The van der Waals surface area contributed by atoms with Crippen molar-refractivity contribution in [2.75, 3.05) is 12.4 Å². The highest BCUT2D eigenvalue weighted by atomic mass is 35.5. The summed E-state index contributed by atoms with van der Waals surface area (Å²) >= 11 is 5.76. The van der Waals surface area contributed by atoms with Gasteiger partial charge in [0.05, 0.1) is 18.2 Å². The van der Waals surface area contributed by atoms with Crippen LogP contribution in [0.1, 0.15) is 19.4 Å². The predicted octanol–water partition coefficient (Wildman–Crippen LogP) is 3.62. The summed E-state index contributed by atoms with van der Waals surface area (Å²) in [7, 11) is 1.54. The number of methoxy groups -OCH3 is 1. The summed E-state index contributed by atoms with van der Waals surface area (Å²) in [6.45, 7) is 3.48. The van der Waals surface area contributed by atoms with Crippen LogP contribution in [-0.4, -0.2) is 30.1 Å². The maximum absolute atomic E-state index is 12.6. The maximum atomic E-state index is 12.6. The quantitative estimate of drug-likeness (QED) is 0.285. The number of nitro benzene ring substituents is 1. The molecule has 1 atom stereocenters. The standard InChI is InChI=1S/C20H21ClN4O5/c1-12(2)18(19(26)23-14-5-7-15(30-3)8-6-14)20(27)24-22-11-13-4-9-16(21)17(10-13)25(28)29/h4-12,18H,1-3H3,(H,23,26)(H,24,27). The minimum absolute atomic E-state index is 0.00346. The lowest BCUT2D eigenvalue weighted by Gasteiger charge is -2.18. The fraction of sp³-hybridized carbons (Fsp3) is 0.250. The molecular formula is C20H21ClN4O5. The van der Waals surface area contributed by atoms with E-state index in [0.29, 0.717) is 17.0 Å². The monoisotopic (exact) mass is 432 g/mol. The summed E-state index contributed by atoms with van der Waals surface area (Å²) in [4.78, 5) is 35.4. The molecule has 1 unspecified atom stereocenters. The van der Waals surface area contributed by atoms with Crippen molar-refractivity contribution in [1.82, 2.24) is 5.43 Å². The summed E-state index contributed by atoms with van der Waals surface area (Å²) in [6, 6.07) is 10.8. The van der Waals surface area contributed by atoms with E-state index in [2.05, 4.69) is 15.8 Å². The largest absolute Gasteiger partial charge is 0.497 e. The third kappa shape index (κ3) is 6.02. The lowest BCUT2D eigenvalue weighted by molar-refractivity contribution is -0.384. The Hall–Kier alpha value is -3.46. The summed E-state index contributed by atoms with van der Waals surface area (Å²) < 4.78 is 5.07. The van der Waals surface area contributed by atoms with E-state index in [4.69, 9.17) is 16.3 Å². The number of halogens is 1. The first-order chi connectivity index (χ1) is 14.2. The number of carbonyl (C=O) groups is 2. The third-order valence-electron chi connectivity index (χ3n) is 4.14. The normalized spacial score (nSPS) is 11.9. The molecule has 10 heteroatoms. The molecule has 0 aliphatic heterocycles.